The number of benzene rings is 1. The van der Waals surface area contributed by atoms with Crippen LogP contribution in [0.25, 0.3) is 0 Å². The quantitative estimate of drug-likeness (QED) is 0.827. The first-order chi connectivity index (χ1) is 7.13. The first-order valence-corrected chi connectivity index (χ1v) is 5.31. The Morgan fingerprint density at radius 3 is 2.87 bits per heavy atom. The molecule has 1 aromatic carbocycles. The first-order valence-electron chi connectivity index (χ1n) is 4.93. The number of anilines is 1. The lowest BCUT2D eigenvalue weighted by Crippen LogP contribution is -2.37. The minimum atomic E-state index is -0.261. The molecule has 1 unspecified atom stereocenters. The Morgan fingerprint density at radius 2 is 2.27 bits per heavy atom. The fraction of sp³-hybridized carbons (Fsp3) is 0.364. The Hall–Kier alpha value is -1.22. The second-order valence-corrected chi connectivity index (χ2v) is 3.71. The van der Waals surface area contributed by atoms with E-state index in [0.717, 1.165) is 5.69 Å². The average Bonchev–Trinajstić information content (AvgIpc) is 2.18. The third kappa shape index (κ3) is 3.80. The Kier molecular flexibility index (Phi) is 4.43. The maximum absolute atomic E-state index is 11.4. The van der Waals surface area contributed by atoms with Gasteiger partial charge in [-0.2, -0.15) is 0 Å². The number of nitrogens with one attached hydrogen (secondary N) is 2. The molecular formula is C11H15ClN2O. The molecule has 3 nitrogen and oxygen atoms in total. The molecule has 0 aliphatic carbocycles. The largest absolute Gasteiger partial charge is 0.374 e. The van der Waals surface area contributed by atoms with Crippen LogP contribution in [0.5, 0.6) is 0 Å². The molecule has 0 fully saturated rings. The van der Waals surface area contributed by atoms with Crippen molar-refractivity contribution in [2.75, 3.05) is 11.9 Å². The molecule has 0 saturated heterocycles. The zero-order chi connectivity index (χ0) is 11.3. The second-order valence-electron chi connectivity index (χ2n) is 3.27. The van der Waals surface area contributed by atoms with Crippen molar-refractivity contribution >= 4 is 23.2 Å². The van der Waals surface area contributed by atoms with Crippen LogP contribution < -0.4 is 10.6 Å². The summed E-state index contributed by atoms with van der Waals surface area (Å²) in [6, 6.07) is 7.04. The van der Waals surface area contributed by atoms with Crippen molar-refractivity contribution in [3.8, 4) is 0 Å². The predicted molar refractivity (Wildman–Crippen MR) is 63.2 cm³/mol. The normalized spacial score (nSPS) is 11.9. The van der Waals surface area contributed by atoms with Crippen LogP contribution in [0, 0.1) is 0 Å². The van der Waals surface area contributed by atoms with Crippen molar-refractivity contribution in [3.05, 3.63) is 29.3 Å². The number of hydrogen-bond acceptors (Lipinski definition) is 2. The van der Waals surface area contributed by atoms with Gasteiger partial charge in [0.1, 0.15) is 6.04 Å². The second kappa shape index (κ2) is 5.61. The highest BCUT2D eigenvalue weighted by Gasteiger charge is 2.10. The van der Waals surface area contributed by atoms with E-state index in [1.54, 1.807) is 12.1 Å². The number of likely N-dealkylation sites (N-methyl/N-ethyl adjacent to an activating group) is 1. The number of carbonyl (C=O) groups is 1. The Bertz CT molecular complexity index is 341. The summed E-state index contributed by atoms with van der Waals surface area (Å²) in [6.45, 7) is 4.34. The van der Waals surface area contributed by atoms with Crippen molar-refractivity contribution in [1.29, 1.82) is 0 Å². The molecule has 82 valence electrons. The van der Waals surface area contributed by atoms with Gasteiger partial charge in [-0.1, -0.05) is 17.7 Å². The van der Waals surface area contributed by atoms with E-state index < -0.39 is 0 Å². The third-order valence-corrected chi connectivity index (χ3v) is 2.19. The van der Waals surface area contributed by atoms with Gasteiger partial charge in [0.25, 0.3) is 0 Å². The van der Waals surface area contributed by atoms with Gasteiger partial charge in [-0.15, -0.1) is 0 Å². The molecule has 2 N–H and O–H groups in total. The zero-order valence-corrected chi connectivity index (χ0v) is 9.64. The number of hydrogen-bond donors (Lipinski definition) is 2. The van der Waals surface area contributed by atoms with Gasteiger partial charge in [-0.3, -0.25) is 4.79 Å². The van der Waals surface area contributed by atoms with Crippen LogP contribution in [-0.2, 0) is 4.79 Å². The summed E-state index contributed by atoms with van der Waals surface area (Å²) in [4.78, 5) is 11.4. The summed E-state index contributed by atoms with van der Waals surface area (Å²) in [7, 11) is 0. The van der Waals surface area contributed by atoms with Crippen LogP contribution in [0.2, 0.25) is 5.02 Å². The lowest BCUT2D eigenvalue weighted by atomic mass is 10.2. The fourth-order valence-corrected chi connectivity index (χ4v) is 1.41. The smallest absolute Gasteiger partial charge is 0.242 e. The van der Waals surface area contributed by atoms with Gasteiger partial charge >= 0.3 is 0 Å². The maximum Gasteiger partial charge on any atom is 0.242 e. The third-order valence-electron chi connectivity index (χ3n) is 1.95. The van der Waals surface area contributed by atoms with E-state index in [1.165, 1.54) is 0 Å². The monoisotopic (exact) mass is 226 g/mol. The van der Waals surface area contributed by atoms with Crippen LogP contribution in [0.3, 0.4) is 0 Å². The van der Waals surface area contributed by atoms with E-state index in [1.807, 2.05) is 26.0 Å². The molecular weight excluding hydrogens is 212 g/mol. The van der Waals surface area contributed by atoms with Crippen molar-refractivity contribution in [3.63, 3.8) is 0 Å². The molecule has 0 aliphatic rings. The van der Waals surface area contributed by atoms with E-state index >= 15 is 0 Å². The molecule has 0 aromatic heterocycles. The van der Waals surface area contributed by atoms with Gasteiger partial charge in [0.15, 0.2) is 0 Å². The fourth-order valence-electron chi connectivity index (χ4n) is 1.22. The Balaban J connectivity index is 2.58. The minimum absolute atomic E-state index is 0.0162. The van der Waals surface area contributed by atoms with Crippen molar-refractivity contribution < 1.29 is 4.79 Å². The van der Waals surface area contributed by atoms with E-state index in [0.29, 0.717) is 11.6 Å². The lowest BCUT2D eigenvalue weighted by molar-refractivity contribution is -0.121. The van der Waals surface area contributed by atoms with Crippen LogP contribution in [0.15, 0.2) is 24.3 Å². The summed E-state index contributed by atoms with van der Waals surface area (Å²) >= 11 is 5.83. The van der Waals surface area contributed by atoms with Crippen molar-refractivity contribution in [2.24, 2.45) is 0 Å². The van der Waals surface area contributed by atoms with Crippen molar-refractivity contribution in [2.45, 2.75) is 19.9 Å². The molecule has 15 heavy (non-hydrogen) atoms. The van der Waals surface area contributed by atoms with E-state index in [9.17, 15) is 4.79 Å². The maximum atomic E-state index is 11.4. The molecule has 0 heterocycles. The molecule has 0 saturated carbocycles. The molecule has 1 rings (SSSR count). The summed E-state index contributed by atoms with van der Waals surface area (Å²) in [5.41, 5.74) is 0.848. The van der Waals surface area contributed by atoms with Crippen LogP contribution >= 0.6 is 11.6 Å². The van der Waals surface area contributed by atoms with Gasteiger partial charge in [0.2, 0.25) is 5.91 Å². The zero-order valence-electron chi connectivity index (χ0n) is 8.88. The molecule has 1 amide bonds. The highest BCUT2D eigenvalue weighted by molar-refractivity contribution is 6.30. The van der Waals surface area contributed by atoms with Gasteiger partial charge < -0.3 is 10.6 Å². The summed E-state index contributed by atoms with van der Waals surface area (Å²) < 4.78 is 0. The van der Waals surface area contributed by atoms with Gasteiger partial charge in [-0.25, -0.2) is 0 Å². The molecule has 1 aromatic rings. The molecule has 0 bridgehead atoms. The van der Waals surface area contributed by atoms with Gasteiger partial charge in [0, 0.05) is 17.3 Å². The highest BCUT2D eigenvalue weighted by atomic mass is 35.5. The topological polar surface area (TPSA) is 41.1 Å². The molecule has 0 aliphatic heterocycles. The predicted octanol–water partition coefficient (Wildman–Crippen LogP) is 2.28. The minimum Gasteiger partial charge on any atom is -0.374 e. The van der Waals surface area contributed by atoms with E-state index in [4.69, 9.17) is 11.6 Å². The summed E-state index contributed by atoms with van der Waals surface area (Å²) in [5.74, 6) is -0.0162. The van der Waals surface area contributed by atoms with Crippen LogP contribution in [0.1, 0.15) is 13.8 Å². The number of amides is 1. The van der Waals surface area contributed by atoms with Gasteiger partial charge in [-0.05, 0) is 32.0 Å². The SMILES string of the molecule is CCNC(=O)C(C)Nc1cccc(Cl)c1. The highest BCUT2D eigenvalue weighted by Crippen LogP contribution is 2.15. The van der Waals surface area contributed by atoms with E-state index in [-0.39, 0.29) is 11.9 Å². The number of rotatable bonds is 4. The van der Waals surface area contributed by atoms with Gasteiger partial charge in [0.05, 0.1) is 0 Å². The first kappa shape index (κ1) is 11.9. The lowest BCUT2D eigenvalue weighted by Gasteiger charge is -2.14. The molecule has 0 spiro atoms. The summed E-state index contributed by atoms with van der Waals surface area (Å²) in [6.07, 6.45) is 0. The van der Waals surface area contributed by atoms with E-state index in [2.05, 4.69) is 10.6 Å². The molecule has 0 radical (unpaired) electrons. The molecule has 1 atom stereocenters. The Morgan fingerprint density at radius 1 is 1.53 bits per heavy atom. The molecule has 4 heteroatoms. The Labute approximate surface area is 94.8 Å². The van der Waals surface area contributed by atoms with Crippen LogP contribution in [0.4, 0.5) is 5.69 Å². The van der Waals surface area contributed by atoms with Crippen molar-refractivity contribution in [1.82, 2.24) is 5.32 Å². The number of carbonyl (C=O) groups excluding carboxylic acids is 1. The average molecular weight is 227 g/mol. The summed E-state index contributed by atoms with van der Waals surface area (Å²) in [5, 5.41) is 6.47. The number of halogens is 1. The van der Waals surface area contributed by atoms with Crippen LogP contribution in [-0.4, -0.2) is 18.5 Å². The standard InChI is InChI=1S/C11H15ClN2O/c1-3-13-11(15)8(2)14-10-6-4-5-9(12)7-10/h4-8,14H,3H2,1-2H3,(H,13,15).